The van der Waals surface area contributed by atoms with Gasteiger partial charge in [-0.25, -0.2) is 0 Å². The molecule has 3 nitrogen and oxygen atoms in total. The first-order chi connectivity index (χ1) is 8.61. The summed E-state index contributed by atoms with van der Waals surface area (Å²) in [6.07, 6.45) is 2.19. The van der Waals surface area contributed by atoms with Crippen LogP contribution in [0.3, 0.4) is 0 Å². The lowest BCUT2D eigenvalue weighted by atomic mass is 10.2. The summed E-state index contributed by atoms with van der Waals surface area (Å²) in [4.78, 5) is 12.0. The van der Waals surface area contributed by atoms with E-state index in [4.69, 9.17) is 16.0 Å². The van der Waals surface area contributed by atoms with Crippen molar-refractivity contribution in [3.8, 4) is 0 Å². The number of halogens is 2. The first kappa shape index (κ1) is 13.2. The zero-order chi connectivity index (χ0) is 13.1. The summed E-state index contributed by atoms with van der Waals surface area (Å²) in [6, 6.07) is 6.91. The fourth-order valence-electron chi connectivity index (χ4n) is 1.59. The van der Waals surface area contributed by atoms with Crippen LogP contribution < -0.4 is 5.32 Å². The summed E-state index contributed by atoms with van der Waals surface area (Å²) < 4.78 is 6.01. The monoisotopic (exact) mass is 327 g/mol. The fourth-order valence-corrected chi connectivity index (χ4v) is 2.02. The SMILES string of the molecule is CCc1occc1C(=O)Nc1ccc(Br)c(Cl)c1. The highest BCUT2D eigenvalue weighted by Crippen LogP contribution is 2.26. The molecule has 2 rings (SSSR count). The lowest BCUT2D eigenvalue weighted by Crippen LogP contribution is -2.12. The minimum absolute atomic E-state index is 0.195. The summed E-state index contributed by atoms with van der Waals surface area (Å²) in [5.74, 6) is 0.481. The van der Waals surface area contributed by atoms with Crippen LogP contribution in [0.2, 0.25) is 5.02 Å². The maximum atomic E-state index is 12.0. The molecule has 1 N–H and O–H groups in total. The Morgan fingerprint density at radius 1 is 1.44 bits per heavy atom. The van der Waals surface area contributed by atoms with E-state index >= 15 is 0 Å². The van der Waals surface area contributed by atoms with Gasteiger partial charge in [-0.1, -0.05) is 18.5 Å². The number of furan rings is 1. The minimum Gasteiger partial charge on any atom is -0.469 e. The highest BCUT2D eigenvalue weighted by Gasteiger charge is 2.13. The molecule has 1 aromatic heterocycles. The van der Waals surface area contributed by atoms with E-state index in [1.165, 1.54) is 6.26 Å². The van der Waals surface area contributed by atoms with Gasteiger partial charge < -0.3 is 9.73 Å². The Hall–Kier alpha value is -1.26. The Kier molecular flexibility index (Phi) is 4.09. The number of rotatable bonds is 3. The third-order valence-corrected chi connectivity index (χ3v) is 3.72. The molecular weight excluding hydrogens is 318 g/mol. The number of carbonyl (C=O) groups is 1. The maximum absolute atomic E-state index is 12.0. The van der Waals surface area contributed by atoms with E-state index in [1.54, 1.807) is 24.3 Å². The van der Waals surface area contributed by atoms with Crippen LogP contribution in [0.1, 0.15) is 23.0 Å². The van der Waals surface area contributed by atoms with Crippen molar-refractivity contribution >= 4 is 39.1 Å². The van der Waals surface area contributed by atoms with Crippen LogP contribution in [0.4, 0.5) is 5.69 Å². The standard InChI is InChI=1S/C13H11BrClNO2/c1-2-12-9(5-6-18-12)13(17)16-8-3-4-10(14)11(15)7-8/h3-7H,2H2,1H3,(H,16,17). The molecule has 94 valence electrons. The molecule has 0 aliphatic heterocycles. The van der Waals surface area contributed by atoms with Gasteiger partial charge in [0, 0.05) is 16.6 Å². The summed E-state index contributed by atoms with van der Waals surface area (Å²) in [7, 11) is 0. The molecule has 0 saturated heterocycles. The summed E-state index contributed by atoms with van der Waals surface area (Å²) in [6.45, 7) is 1.94. The average molecular weight is 329 g/mol. The molecule has 1 heterocycles. The number of amides is 1. The molecular formula is C13H11BrClNO2. The second-order valence-corrected chi connectivity index (χ2v) is 4.96. The largest absolute Gasteiger partial charge is 0.469 e. The molecule has 0 bridgehead atoms. The van der Waals surface area contributed by atoms with Gasteiger partial charge >= 0.3 is 0 Å². The Balaban J connectivity index is 2.19. The van der Waals surface area contributed by atoms with E-state index < -0.39 is 0 Å². The van der Waals surface area contributed by atoms with Gasteiger partial charge in [0.2, 0.25) is 0 Å². The molecule has 0 aliphatic rings. The van der Waals surface area contributed by atoms with Gasteiger partial charge in [-0.15, -0.1) is 0 Å². The van der Waals surface area contributed by atoms with Crippen molar-refractivity contribution < 1.29 is 9.21 Å². The summed E-state index contributed by atoms with van der Waals surface area (Å²) >= 11 is 9.26. The van der Waals surface area contributed by atoms with Crippen molar-refractivity contribution in [3.63, 3.8) is 0 Å². The van der Waals surface area contributed by atoms with Crippen molar-refractivity contribution in [1.29, 1.82) is 0 Å². The number of benzene rings is 1. The molecule has 0 radical (unpaired) electrons. The van der Waals surface area contributed by atoms with Gasteiger partial charge in [-0.3, -0.25) is 4.79 Å². The molecule has 0 aliphatic carbocycles. The lowest BCUT2D eigenvalue weighted by molar-refractivity contribution is 0.102. The molecule has 18 heavy (non-hydrogen) atoms. The minimum atomic E-state index is -0.195. The van der Waals surface area contributed by atoms with E-state index in [0.717, 1.165) is 4.47 Å². The topological polar surface area (TPSA) is 42.2 Å². The van der Waals surface area contributed by atoms with Gasteiger partial charge in [0.25, 0.3) is 5.91 Å². The summed E-state index contributed by atoms with van der Waals surface area (Å²) in [5, 5.41) is 3.33. The van der Waals surface area contributed by atoms with Crippen LogP contribution >= 0.6 is 27.5 Å². The predicted molar refractivity (Wildman–Crippen MR) is 75.2 cm³/mol. The number of nitrogens with one attached hydrogen (secondary N) is 1. The molecule has 0 saturated carbocycles. The first-order valence-electron chi connectivity index (χ1n) is 5.44. The number of anilines is 1. The van der Waals surface area contributed by atoms with Crippen LogP contribution in [0.5, 0.6) is 0 Å². The molecule has 0 unspecified atom stereocenters. The van der Waals surface area contributed by atoms with Gasteiger partial charge in [-0.05, 0) is 40.2 Å². The van der Waals surface area contributed by atoms with Gasteiger partial charge in [0.1, 0.15) is 5.76 Å². The van der Waals surface area contributed by atoms with Crippen LogP contribution in [0, 0.1) is 0 Å². The smallest absolute Gasteiger partial charge is 0.259 e. The zero-order valence-corrected chi connectivity index (χ0v) is 12.0. The third kappa shape index (κ3) is 2.76. The molecule has 0 atom stereocenters. The molecule has 0 fully saturated rings. The Morgan fingerprint density at radius 2 is 2.22 bits per heavy atom. The van der Waals surface area contributed by atoms with Crippen molar-refractivity contribution in [2.24, 2.45) is 0 Å². The Morgan fingerprint density at radius 3 is 2.89 bits per heavy atom. The molecule has 1 amide bonds. The van der Waals surface area contributed by atoms with Crippen LogP contribution in [0.25, 0.3) is 0 Å². The zero-order valence-electron chi connectivity index (χ0n) is 9.67. The highest BCUT2D eigenvalue weighted by atomic mass is 79.9. The lowest BCUT2D eigenvalue weighted by Gasteiger charge is -2.06. The predicted octanol–water partition coefficient (Wildman–Crippen LogP) is 4.51. The van der Waals surface area contributed by atoms with E-state index in [0.29, 0.717) is 28.5 Å². The third-order valence-electron chi connectivity index (χ3n) is 2.49. The first-order valence-corrected chi connectivity index (χ1v) is 6.61. The van der Waals surface area contributed by atoms with E-state index in [1.807, 2.05) is 6.92 Å². The van der Waals surface area contributed by atoms with Crippen LogP contribution in [-0.4, -0.2) is 5.91 Å². The number of carbonyl (C=O) groups excluding carboxylic acids is 1. The fraction of sp³-hybridized carbons (Fsp3) is 0.154. The van der Waals surface area contributed by atoms with Crippen molar-refractivity contribution in [3.05, 3.63) is 51.3 Å². The quantitative estimate of drug-likeness (QED) is 0.900. The molecule has 1 aromatic carbocycles. The second kappa shape index (κ2) is 5.59. The van der Waals surface area contributed by atoms with Crippen LogP contribution in [-0.2, 0) is 6.42 Å². The number of hydrogen-bond acceptors (Lipinski definition) is 2. The second-order valence-electron chi connectivity index (χ2n) is 3.69. The molecule has 2 aromatic rings. The van der Waals surface area contributed by atoms with Crippen LogP contribution in [0.15, 0.2) is 39.4 Å². The highest BCUT2D eigenvalue weighted by molar-refractivity contribution is 9.10. The van der Waals surface area contributed by atoms with E-state index in [2.05, 4.69) is 21.2 Å². The normalized spacial score (nSPS) is 10.4. The number of aryl methyl sites for hydroxylation is 1. The van der Waals surface area contributed by atoms with E-state index in [9.17, 15) is 4.79 Å². The number of hydrogen-bond donors (Lipinski definition) is 1. The van der Waals surface area contributed by atoms with Gasteiger partial charge in [0.15, 0.2) is 0 Å². The van der Waals surface area contributed by atoms with Gasteiger partial charge in [0.05, 0.1) is 16.8 Å². The Labute approximate surface area is 118 Å². The molecule has 5 heteroatoms. The molecule has 0 spiro atoms. The van der Waals surface area contributed by atoms with E-state index in [-0.39, 0.29) is 5.91 Å². The van der Waals surface area contributed by atoms with Crippen molar-refractivity contribution in [2.75, 3.05) is 5.32 Å². The Bertz CT molecular complexity index is 580. The maximum Gasteiger partial charge on any atom is 0.259 e. The van der Waals surface area contributed by atoms with Gasteiger partial charge in [-0.2, -0.15) is 0 Å². The average Bonchev–Trinajstić information content (AvgIpc) is 2.82. The summed E-state index contributed by atoms with van der Waals surface area (Å²) in [5.41, 5.74) is 1.20. The van der Waals surface area contributed by atoms with Crippen molar-refractivity contribution in [1.82, 2.24) is 0 Å². The van der Waals surface area contributed by atoms with Crippen molar-refractivity contribution in [2.45, 2.75) is 13.3 Å².